The zero-order chi connectivity index (χ0) is 13.6. The molecule has 1 aliphatic heterocycles. The van der Waals surface area contributed by atoms with Gasteiger partial charge >= 0.3 is 0 Å². The molecular weight excluding hydrogens is 280 g/mol. The molecule has 2 unspecified atom stereocenters. The Balaban J connectivity index is 1.86. The van der Waals surface area contributed by atoms with Gasteiger partial charge in [-0.1, -0.05) is 6.42 Å². The van der Waals surface area contributed by atoms with Gasteiger partial charge < -0.3 is 5.73 Å². The number of hydrogen-bond donors (Lipinski definition) is 1. The quantitative estimate of drug-likeness (QED) is 0.928. The maximum atomic E-state index is 12.6. The Bertz CT molecular complexity index is 567. The van der Waals surface area contributed by atoms with Gasteiger partial charge in [0.25, 0.3) is 10.0 Å². The molecule has 0 amide bonds. The lowest BCUT2D eigenvalue weighted by atomic mass is 10.0. The van der Waals surface area contributed by atoms with Gasteiger partial charge in [0.1, 0.15) is 4.21 Å². The van der Waals surface area contributed by atoms with E-state index in [0.29, 0.717) is 35.7 Å². The molecule has 2 aliphatic rings. The van der Waals surface area contributed by atoms with Crippen LogP contribution in [0.4, 0.5) is 0 Å². The highest BCUT2D eigenvalue weighted by atomic mass is 32.2. The molecule has 2 fully saturated rings. The molecule has 6 heteroatoms. The standard InChI is InChI=1S/C13H20N2O2S2/c1-9-5-13(18-12(9)6-14)19(16,17)15-7-10-3-2-4-11(10)8-15/h5,10-11H,2-4,6-8,14H2,1H3. The fourth-order valence-electron chi connectivity index (χ4n) is 3.33. The van der Waals surface area contributed by atoms with E-state index in [1.807, 2.05) is 6.92 Å². The molecule has 0 bridgehead atoms. The van der Waals surface area contributed by atoms with Gasteiger partial charge in [-0.05, 0) is 43.2 Å². The van der Waals surface area contributed by atoms with Crippen molar-refractivity contribution in [3.63, 3.8) is 0 Å². The smallest absolute Gasteiger partial charge is 0.252 e. The van der Waals surface area contributed by atoms with E-state index in [1.165, 1.54) is 30.6 Å². The minimum atomic E-state index is -3.30. The van der Waals surface area contributed by atoms with E-state index in [4.69, 9.17) is 5.73 Å². The van der Waals surface area contributed by atoms with Crippen molar-refractivity contribution in [1.29, 1.82) is 0 Å². The van der Waals surface area contributed by atoms with E-state index in [1.54, 1.807) is 10.4 Å². The minimum Gasteiger partial charge on any atom is -0.326 e. The van der Waals surface area contributed by atoms with Gasteiger partial charge in [-0.3, -0.25) is 0 Å². The van der Waals surface area contributed by atoms with Crippen LogP contribution in [0.1, 0.15) is 29.7 Å². The average molecular weight is 300 g/mol. The Morgan fingerprint density at radius 2 is 2.00 bits per heavy atom. The minimum absolute atomic E-state index is 0.414. The first-order chi connectivity index (χ1) is 9.02. The number of nitrogens with two attached hydrogens (primary N) is 1. The number of sulfonamides is 1. The predicted molar refractivity (Wildman–Crippen MR) is 76.5 cm³/mol. The van der Waals surface area contributed by atoms with Crippen LogP contribution in [0.15, 0.2) is 10.3 Å². The third-order valence-corrected chi connectivity index (χ3v) is 8.01. The summed E-state index contributed by atoms with van der Waals surface area (Å²) in [5.74, 6) is 1.18. The van der Waals surface area contributed by atoms with E-state index in [0.717, 1.165) is 10.4 Å². The van der Waals surface area contributed by atoms with E-state index >= 15 is 0 Å². The van der Waals surface area contributed by atoms with Crippen LogP contribution in [-0.4, -0.2) is 25.8 Å². The summed E-state index contributed by atoms with van der Waals surface area (Å²) < 4.78 is 27.4. The normalized spacial score (nSPS) is 27.9. The van der Waals surface area contributed by atoms with Gasteiger partial charge in [0, 0.05) is 24.5 Å². The van der Waals surface area contributed by atoms with Crippen molar-refractivity contribution in [2.24, 2.45) is 17.6 Å². The van der Waals surface area contributed by atoms with E-state index < -0.39 is 10.0 Å². The first kappa shape index (κ1) is 13.5. The zero-order valence-electron chi connectivity index (χ0n) is 11.1. The van der Waals surface area contributed by atoms with E-state index in [2.05, 4.69) is 0 Å². The van der Waals surface area contributed by atoms with Crippen LogP contribution in [-0.2, 0) is 16.6 Å². The second-order valence-corrected chi connectivity index (χ2v) is 8.95. The predicted octanol–water partition coefficient (Wildman–Crippen LogP) is 1.94. The summed E-state index contributed by atoms with van der Waals surface area (Å²) in [4.78, 5) is 0.970. The highest BCUT2D eigenvalue weighted by molar-refractivity contribution is 7.91. The van der Waals surface area contributed by atoms with Crippen LogP contribution < -0.4 is 5.73 Å². The first-order valence-electron chi connectivity index (χ1n) is 6.82. The number of nitrogens with zero attached hydrogens (tertiary/aromatic N) is 1. The second-order valence-electron chi connectivity index (χ2n) is 5.65. The number of rotatable bonds is 3. The van der Waals surface area contributed by atoms with Crippen molar-refractivity contribution in [2.75, 3.05) is 13.1 Å². The van der Waals surface area contributed by atoms with Crippen LogP contribution >= 0.6 is 11.3 Å². The first-order valence-corrected chi connectivity index (χ1v) is 9.07. The summed E-state index contributed by atoms with van der Waals surface area (Å²) in [6.07, 6.45) is 3.64. The topological polar surface area (TPSA) is 63.4 Å². The molecule has 2 N–H and O–H groups in total. The molecule has 1 aromatic rings. The molecule has 1 saturated carbocycles. The molecule has 4 nitrogen and oxygen atoms in total. The van der Waals surface area contributed by atoms with Crippen LogP contribution in [0.2, 0.25) is 0 Å². The second kappa shape index (κ2) is 4.84. The zero-order valence-corrected chi connectivity index (χ0v) is 12.8. The number of aryl methyl sites for hydroxylation is 1. The van der Waals surface area contributed by atoms with Crippen molar-refractivity contribution in [1.82, 2.24) is 4.31 Å². The van der Waals surface area contributed by atoms with Crippen molar-refractivity contribution in [3.8, 4) is 0 Å². The fourth-order valence-corrected chi connectivity index (χ4v) is 6.51. The van der Waals surface area contributed by atoms with Gasteiger partial charge in [-0.25, -0.2) is 8.42 Å². The van der Waals surface area contributed by atoms with E-state index in [9.17, 15) is 8.42 Å². The summed E-state index contributed by atoms with van der Waals surface area (Å²) in [7, 11) is -3.30. The highest BCUT2D eigenvalue weighted by Gasteiger charge is 2.41. The third-order valence-electron chi connectivity index (χ3n) is 4.47. The Morgan fingerprint density at radius 3 is 2.53 bits per heavy atom. The van der Waals surface area contributed by atoms with Crippen LogP contribution in [0.25, 0.3) is 0 Å². The number of hydrogen-bond acceptors (Lipinski definition) is 4. The highest BCUT2D eigenvalue weighted by Crippen LogP contribution is 2.40. The maximum absolute atomic E-state index is 12.6. The molecule has 3 rings (SSSR count). The Hall–Kier alpha value is -0.430. The van der Waals surface area contributed by atoms with Gasteiger partial charge in [-0.15, -0.1) is 11.3 Å². The van der Waals surface area contributed by atoms with Gasteiger partial charge in [0.05, 0.1) is 0 Å². The van der Waals surface area contributed by atoms with Gasteiger partial charge in [0.2, 0.25) is 0 Å². The lowest BCUT2D eigenvalue weighted by molar-refractivity contribution is 0.447. The Morgan fingerprint density at radius 1 is 1.37 bits per heavy atom. The van der Waals surface area contributed by atoms with E-state index in [-0.39, 0.29) is 0 Å². The molecule has 1 saturated heterocycles. The molecule has 0 radical (unpaired) electrons. The van der Waals surface area contributed by atoms with Crippen molar-refractivity contribution in [2.45, 2.75) is 36.9 Å². The van der Waals surface area contributed by atoms with Crippen molar-refractivity contribution < 1.29 is 8.42 Å². The van der Waals surface area contributed by atoms with Crippen molar-refractivity contribution >= 4 is 21.4 Å². The summed E-state index contributed by atoms with van der Waals surface area (Å²) in [6, 6.07) is 1.77. The monoisotopic (exact) mass is 300 g/mol. The number of thiophene rings is 1. The maximum Gasteiger partial charge on any atom is 0.252 e. The molecule has 19 heavy (non-hydrogen) atoms. The molecule has 2 heterocycles. The fraction of sp³-hybridized carbons (Fsp3) is 0.692. The van der Waals surface area contributed by atoms with Gasteiger partial charge in [-0.2, -0.15) is 4.31 Å². The lowest BCUT2D eigenvalue weighted by Gasteiger charge is -2.15. The van der Waals surface area contributed by atoms with Crippen LogP contribution in [0, 0.1) is 18.8 Å². The summed E-state index contributed by atoms with van der Waals surface area (Å²) in [5.41, 5.74) is 6.63. The third kappa shape index (κ3) is 2.24. The molecule has 1 aromatic heterocycles. The summed E-state index contributed by atoms with van der Waals surface area (Å²) >= 11 is 1.33. The van der Waals surface area contributed by atoms with Crippen molar-refractivity contribution in [3.05, 3.63) is 16.5 Å². The molecule has 0 spiro atoms. The SMILES string of the molecule is Cc1cc(S(=O)(=O)N2CC3CCCC3C2)sc1CN. The molecule has 106 valence electrons. The molecule has 2 atom stereocenters. The molecule has 0 aromatic carbocycles. The number of fused-ring (bicyclic) bond motifs is 1. The van der Waals surface area contributed by atoms with Crippen LogP contribution in [0.3, 0.4) is 0 Å². The summed E-state index contributed by atoms with van der Waals surface area (Å²) in [6.45, 7) is 3.76. The average Bonchev–Trinajstić information content (AvgIpc) is 3.00. The molecular formula is C13H20N2O2S2. The largest absolute Gasteiger partial charge is 0.326 e. The summed E-state index contributed by atoms with van der Waals surface area (Å²) in [5, 5.41) is 0. The van der Waals surface area contributed by atoms with Crippen LogP contribution in [0.5, 0.6) is 0 Å². The lowest BCUT2D eigenvalue weighted by Crippen LogP contribution is -2.29. The van der Waals surface area contributed by atoms with Gasteiger partial charge in [0.15, 0.2) is 0 Å². The Labute approximate surface area is 118 Å². The Kier molecular flexibility index (Phi) is 3.45. The molecule has 1 aliphatic carbocycles.